The molecule has 7 nitrogen and oxygen atoms in total. The van der Waals surface area contributed by atoms with Gasteiger partial charge in [0.05, 0.1) is 10.6 Å². The Morgan fingerprint density at radius 3 is 2.16 bits per heavy atom. The molecule has 0 heterocycles. The van der Waals surface area contributed by atoms with Crippen molar-refractivity contribution in [2.75, 3.05) is 17.4 Å². The molecule has 0 aliphatic rings. The molecule has 0 saturated carbocycles. The van der Waals surface area contributed by atoms with Gasteiger partial charge in [0.2, 0.25) is 11.8 Å². The molecule has 0 aliphatic carbocycles. The number of amides is 2. The topological polar surface area (TPSA) is 86.8 Å². The van der Waals surface area contributed by atoms with Gasteiger partial charge in [0.15, 0.2) is 0 Å². The SMILES string of the molecule is CCCNC(=O)[C@@H](C)N(Cc1ccc(Cl)cc1)C(=O)CN(c1ccc(F)cc1)S(=O)(=O)c1ccc(C)cc1. The second-order valence-corrected chi connectivity index (χ2v) is 11.2. The quantitative estimate of drug-likeness (QED) is 0.361. The van der Waals surface area contributed by atoms with Crippen LogP contribution in [0.15, 0.2) is 77.7 Å². The molecule has 0 saturated heterocycles. The molecule has 0 radical (unpaired) electrons. The molecule has 3 rings (SSSR count). The number of sulfonamides is 1. The van der Waals surface area contributed by atoms with Crippen LogP contribution in [0.2, 0.25) is 5.02 Å². The average Bonchev–Trinajstić information content (AvgIpc) is 2.90. The van der Waals surface area contributed by atoms with Gasteiger partial charge in [0.25, 0.3) is 10.0 Å². The van der Waals surface area contributed by atoms with Crippen LogP contribution in [-0.4, -0.2) is 44.3 Å². The van der Waals surface area contributed by atoms with E-state index >= 15 is 0 Å². The summed E-state index contributed by atoms with van der Waals surface area (Å²) in [4.78, 5) is 27.9. The monoisotopic (exact) mass is 559 g/mol. The summed E-state index contributed by atoms with van der Waals surface area (Å²) in [6.07, 6.45) is 0.719. The number of hydrogen-bond acceptors (Lipinski definition) is 4. The number of carbonyl (C=O) groups is 2. The number of nitrogens with zero attached hydrogens (tertiary/aromatic N) is 2. The second-order valence-electron chi connectivity index (χ2n) is 8.92. The number of halogens is 2. The average molecular weight is 560 g/mol. The van der Waals surface area contributed by atoms with Crippen molar-refractivity contribution in [1.29, 1.82) is 0 Å². The van der Waals surface area contributed by atoms with Crippen molar-refractivity contribution < 1.29 is 22.4 Å². The van der Waals surface area contributed by atoms with Crippen LogP contribution in [0.5, 0.6) is 0 Å². The largest absolute Gasteiger partial charge is 0.354 e. The molecular formula is C28H31ClFN3O4S. The molecule has 0 unspecified atom stereocenters. The van der Waals surface area contributed by atoms with Gasteiger partial charge in [-0.2, -0.15) is 0 Å². The Hall–Kier alpha value is -3.43. The zero-order valence-electron chi connectivity index (χ0n) is 21.5. The minimum Gasteiger partial charge on any atom is -0.354 e. The minimum absolute atomic E-state index is 0.0155. The predicted molar refractivity (Wildman–Crippen MR) is 147 cm³/mol. The van der Waals surface area contributed by atoms with Crippen LogP contribution in [-0.2, 0) is 26.2 Å². The molecule has 3 aromatic carbocycles. The molecule has 0 aliphatic heterocycles. The van der Waals surface area contributed by atoms with E-state index in [0.717, 1.165) is 28.4 Å². The van der Waals surface area contributed by atoms with Crippen molar-refractivity contribution in [1.82, 2.24) is 10.2 Å². The van der Waals surface area contributed by atoms with Gasteiger partial charge in [-0.1, -0.05) is 48.4 Å². The number of rotatable bonds is 11. The van der Waals surface area contributed by atoms with Crippen LogP contribution in [0.3, 0.4) is 0 Å². The van der Waals surface area contributed by atoms with E-state index in [4.69, 9.17) is 11.6 Å². The highest BCUT2D eigenvalue weighted by Gasteiger charge is 2.32. The van der Waals surface area contributed by atoms with E-state index in [1.165, 1.54) is 29.2 Å². The smallest absolute Gasteiger partial charge is 0.264 e. The number of aryl methyl sites for hydroxylation is 1. The van der Waals surface area contributed by atoms with E-state index in [1.807, 2.05) is 13.8 Å². The molecule has 10 heteroatoms. The van der Waals surface area contributed by atoms with Crippen LogP contribution in [0, 0.1) is 12.7 Å². The zero-order chi connectivity index (χ0) is 27.9. The fraction of sp³-hybridized carbons (Fsp3) is 0.286. The maximum absolute atomic E-state index is 13.8. The first-order valence-corrected chi connectivity index (χ1v) is 14.0. The van der Waals surface area contributed by atoms with Crippen LogP contribution < -0.4 is 9.62 Å². The van der Waals surface area contributed by atoms with E-state index in [9.17, 15) is 22.4 Å². The van der Waals surface area contributed by atoms with Crippen molar-refractivity contribution >= 4 is 39.1 Å². The molecule has 1 atom stereocenters. The zero-order valence-corrected chi connectivity index (χ0v) is 23.1. The van der Waals surface area contributed by atoms with E-state index in [-0.39, 0.29) is 23.0 Å². The molecular weight excluding hydrogens is 529 g/mol. The normalized spacial score (nSPS) is 12.0. The first-order chi connectivity index (χ1) is 18.0. The Balaban J connectivity index is 2.00. The Morgan fingerprint density at radius 2 is 1.58 bits per heavy atom. The Labute approximate surface area is 228 Å². The third kappa shape index (κ3) is 7.33. The number of benzene rings is 3. The van der Waals surface area contributed by atoms with Gasteiger partial charge >= 0.3 is 0 Å². The summed E-state index contributed by atoms with van der Waals surface area (Å²) >= 11 is 6.00. The van der Waals surface area contributed by atoms with Crippen LogP contribution >= 0.6 is 11.6 Å². The highest BCUT2D eigenvalue weighted by molar-refractivity contribution is 7.92. The Morgan fingerprint density at radius 1 is 0.974 bits per heavy atom. The summed E-state index contributed by atoms with van der Waals surface area (Å²) in [7, 11) is -4.21. The third-order valence-electron chi connectivity index (χ3n) is 5.99. The van der Waals surface area contributed by atoms with Gasteiger partial charge in [0, 0.05) is 18.1 Å². The molecule has 3 aromatic rings. The number of carbonyl (C=O) groups excluding carboxylic acids is 2. The van der Waals surface area contributed by atoms with Gasteiger partial charge in [-0.25, -0.2) is 12.8 Å². The van der Waals surface area contributed by atoms with E-state index < -0.39 is 34.3 Å². The minimum atomic E-state index is -4.21. The van der Waals surface area contributed by atoms with Crippen molar-refractivity contribution in [2.24, 2.45) is 0 Å². The van der Waals surface area contributed by atoms with Crippen LogP contribution in [0.4, 0.5) is 10.1 Å². The van der Waals surface area contributed by atoms with Gasteiger partial charge < -0.3 is 10.2 Å². The molecule has 0 spiro atoms. The third-order valence-corrected chi connectivity index (χ3v) is 8.03. The standard InChI is InChI=1S/C28H31ClFN3O4S/c1-4-17-31-28(35)21(3)32(18-22-7-9-23(29)10-8-22)27(34)19-33(25-13-11-24(30)12-14-25)38(36,37)26-15-5-20(2)6-16-26/h5-16,21H,4,17-19H2,1-3H3,(H,31,35)/t21-/m1/s1. The molecule has 0 bridgehead atoms. The first-order valence-electron chi connectivity index (χ1n) is 12.2. The summed E-state index contributed by atoms with van der Waals surface area (Å²) in [5.74, 6) is -1.50. The molecule has 1 N–H and O–H groups in total. The van der Waals surface area contributed by atoms with Crippen LogP contribution in [0.1, 0.15) is 31.4 Å². The molecule has 2 amide bonds. The van der Waals surface area contributed by atoms with Crippen LogP contribution in [0.25, 0.3) is 0 Å². The van der Waals surface area contributed by atoms with Crippen molar-refractivity contribution in [3.63, 3.8) is 0 Å². The lowest BCUT2D eigenvalue weighted by Crippen LogP contribution is -2.51. The van der Waals surface area contributed by atoms with Crippen molar-refractivity contribution in [3.8, 4) is 0 Å². The fourth-order valence-electron chi connectivity index (χ4n) is 3.74. The molecule has 0 fully saturated rings. The lowest BCUT2D eigenvalue weighted by Gasteiger charge is -2.32. The summed E-state index contributed by atoms with van der Waals surface area (Å²) in [6.45, 7) is 5.24. The lowest BCUT2D eigenvalue weighted by molar-refractivity contribution is -0.139. The molecule has 0 aromatic heterocycles. The van der Waals surface area contributed by atoms with Crippen molar-refractivity contribution in [3.05, 3.63) is 94.8 Å². The summed E-state index contributed by atoms with van der Waals surface area (Å²) in [5.41, 5.74) is 1.71. The fourth-order valence-corrected chi connectivity index (χ4v) is 5.28. The van der Waals surface area contributed by atoms with Gasteiger partial charge in [-0.3, -0.25) is 13.9 Å². The summed E-state index contributed by atoms with van der Waals surface area (Å²) in [5, 5.41) is 3.31. The van der Waals surface area contributed by atoms with Gasteiger partial charge in [-0.15, -0.1) is 0 Å². The predicted octanol–water partition coefficient (Wildman–Crippen LogP) is 4.93. The van der Waals surface area contributed by atoms with Gasteiger partial charge in [0.1, 0.15) is 18.4 Å². The molecule has 202 valence electrons. The summed E-state index contributed by atoms with van der Waals surface area (Å²) in [6, 6.07) is 17.0. The van der Waals surface area contributed by atoms with Gasteiger partial charge in [-0.05, 0) is 74.4 Å². The number of anilines is 1. The maximum atomic E-state index is 13.8. The second kappa shape index (κ2) is 12.9. The Kier molecular flexibility index (Phi) is 9.88. The lowest BCUT2D eigenvalue weighted by atomic mass is 10.1. The highest BCUT2D eigenvalue weighted by Crippen LogP contribution is 2.25. The summed E-state index contributed by atoms with van der Waals surface area (Å²) < 4.78 is 42.0. The number of hydrogen-bond donors (Lipinski definition) is 1. The number of nitrogens with one attached hydrogen (secondary N) is 1. The van der Waals surface area contributed by atoms with E-state index in [2.05, 4.69) is 5.32 Å². The molecule has 38 heavy (non-hydrogen) atoms. The first kappa shape index (κ1) is 29.1. The van der Waals surface area contributed by atoms with E-state index in [0.29, 0.717) is 17.1 Å². The highest BCUT2D eigenvalue weighted by atomic mass is 35.5. The maximum Gasteiger partial charge on any atom is 0.264 e. The van der Waals surface area contributed by atoms with Crippen molar-refractivity contribution in [2.45, 2.75) is 44.7 Å². The van der Waals surface area contributed by atoms with E-state index in [1.54, 1.807) is 43.3 Å². The Bertz CT molecular complexity index is 1350.